The second kappa shape index (κ2) is 7.25. The molecule has 2 atom stereocenters. The predicted octanol–water partition coefficient (Wildman–Crippen LogP) is 3.64. The Hall–Kier alpha value is -1.74. The van der Waals surface area contributed by atoms with Gasteiger partial charge in [-0.1, -0.05) is 30.4 Å². The lowest BCUT2D eigenvalue weighted by Gasteiger charge is -2.41. The first-order valence-corrected chi connectivity index (χ1v) is 9.88. The predicted molar refractivity (Wildman–Crippen MR) is 105 cm³/mol. The van der Waals surface area contributed by atoms with Crippen molar-refractivity contribution in [3.63, 3.8) is 0 Å². The zero-order chi connectivity index (χ0) is 17.2. The van der Waals surface area contributed by atoms with Gasteiger partial charge in [0.05, 0.1) is 6.04 Å². The van der Waals surface area contributed by atoms with Gasteiger partial charge in [0.15, 0.2) is 0 Å². The second-order valence-corrected chi connectivity index (χ2v) is 8.09. The minimum absolute atomic E-state index is 0.369. The van der Waals surface area contributed by atoms with Crippen LogP contribution in [-0.4, -0.2) is 31.1 Å². The van der Waals surface area contributed by atoms with E-state index in [1.165, 1.54) is 49.2 Å². The first kappa shape index (κ1) is 16.7. The van der Waals surface area contributed by atoms with Gasteiger partial charge in [-0.15, -0.1) is 0 Å². The van der Waals surface area contributed by atoms with E-state index in [9.17, 15) is 0 Å². The highest BCUT2D eigenvalue weighted by molar-refractivity contribution is 5.44. The van der Waals surface area contributed by atoms with Crippen LogP contribution >= 0.6 is 0 Å². The van der Waals surface area contributed by atoms with Gasteiger partial charge in [0.2, 0.25) is 0 Å². The van der Waals surface area contributed by atoms with Crippen LogP contribution in [0.1, 0.15) is 38.5 Å². The molecule has 25 heavy (non-hydrogen) atoms. The zero-order valence-electron chi connectivity index (χ0n) is 15.4. The highest BCUT2D eigenvalue weighted by atomic mass is 15.2. The molecular formula is C22H31N3. The van der Waals surface area contributed by atoms with Gasteiger partial charge in [-0.25, -0.2) is 0 Å². The molecule has 1 fully saturated rings. The van der Waals surface area contributed by atoms with Crippen molar-refractivity contribution < 1.29 is 0 Å². The van der Waals surface area contributed by atoms with Crippen molar-refractivity contribution in [2.45, 2.75) is 44.6 Å². The van der Waals surface area contributed by atoms with Crippen LogP contribution in [0.4, 0.5) is 0 Å². The number of allylic oxidation sites excluding steroid dienone is 7. The molecule has 1 aliphatic heterocycles. The Bertz CT molecular complexity index is 659. The molecule has 0 amide bonds. The monoisotopic (exact) mass is 337 g/mol. The van der Waals surface area contributed by atoms with Gasteiger partial charge in [-0.2, -0.15) is 0 Å². The van der Waals surface area contributed by atoms with Gasteiger partial charge in [-0.3, -0.25) is 0 Å². The summed E-state index contributed by atoms with van der Waals surface area (Å²) in [5, 5.41) is 3.80. The number of hydrogen-bond donors (Lipinski definition) is 2. The van der Waals surface area contributed by atoms with Crippen molar-refractivity contribution in [2.24, 2.45) is 17.6 Å². The molecule has 134 valence electrons. The van der Waals surface area contributed by atoms with Gasteiger partial charge in [0, 0.05) is 24.5 Å². The number of nitrogens with two attached hydrogens (primary N) is 1. The van der Waals surface area contributed by atoms with Gasteiger partial charge in [0.1, 0.15) is 0 Å². The average Bonchev–Trinajstić information content (AvgIpc) is 2.61. The van der Waals surface area contributed by atoms with Crippen LogP contribution in [0.2, 0.25) is 0 Å². The lowest BCUT2D eigenvalue weighted by Crippen LogP contribution is -2.47. The summed E-state index contributed by atoms with van der Waals surface area (Å²) in [4.78, 5) is 2.41. The van der Waals surface area contributed by atoms with E-state index in [0.29, 0.717) is 6.04 Å². The first-order chi connectivity index (χ1) is 12.2. The number of hydrogen-bond acceptors (Lipinski definition) is 3. The van der Waals surface area contributed by atoms with E-state index in [-0.39, 0.29) is 0 Å². The van der Waals surface area contributed by atoms with Crippen LogP contribution in [0, 0.1) is 11.8 Å². The molecule has 4 aliphatic rings. The van der Waals surface area contributed by atoms with E-state index >= 15 is 0 Å². The summed E-state index contributed by atoms with van der Waals surface area (Å²) in [5.74, 6) is 1.57. The van der Waals surface area contributed by atoms with Crippen LogP contribution in [0.25, 0.3) is 0 Å². The third-order valence-corrected chi connectivity index (χ3v) is 6.16. The SMILES string of the molecule is CN1CC(C2C=CC(NC3CCCC(N)=C3C3=CC=CCC3)=CC2)C1. The molecule has 1 saturated heterocycles. The van der Waals surface area contributed by atoms with E-state index in [0.717, 1.165) is 36.8 Å². The third kappa shape index (κ3) is 3.62. The summed E-state index contributed by atoms with van der Waals surface area (Å²) in [6, 6.07) is 0.369. The van der Waals surface area contributed by atoms with Gasteiger partial charge in [0.25, 0.3) is 0 Å². The van der Waals surface area contributed by atoms with E-state index in [2.05, 4.69) is 53.7 Å². The second-order valence-electron chi connectivity index (χ2n) is 8.09. The van der Waals surface area contributed by atoms with Crippen molar-refractivity contribution in [1.29, 1.82) is 0 Å². The van der Waals surface area contributed by atoms with E-state index < -0.39 is 0 Å². The largest absolute Gasteiger partial charge is 0.402 e. The maximum absolute atomic E-state index is 6.44. The molecule has 0 bridgehead atoms. The fourth-order valence-electron chi connectivity index (χ4n) is 4.71. The maximum atomic E-state index is 6.44. The van der Waals surface area contributed by atoms with Crippen molar-refractivity contribution >= 4 is 0 Å². The minimum atomic E-state index is 0.369. The number of nitrogens with one attached hydrogen (secondary N) is 1. The molecule has 0 aromatic rings. The molecule has 3 aliphatic carbocycles. The molecule has 0 aromatic heterocycles. The molecule has 0 radical (unpaired) electrons. The zero-order valence-corrected chi connectivity index (χ0v) is 15.4. The van der Waals surface area contributed by atoms with Crippen molar-refractivity contribution in [1.82, 2.24) is 10.2 Å². The normalized spacial score (nSPS) is 30.8. The third-order valence-electron chi connectivity index (χ3n) is 6.16. The lowest BCUT2D eigenvalue weighted by molar-refractivity contribution is 0.100. The summed E-state index contributed by atoms with van der Waals surface area (Å²) in [6.45, 7) is 2.50. The average molecular weight is 338 g/mol. The van der Waals surface area contributed by atoms with Crippen molar-refractivity contribution in [2.75, 3.05) is 20.1 Å². The Morgan fingerprint density at radius 2 is 2.12 bits per heavy atom. The number of likely N-dealkylation sites (tertiary alicyclic amines) is 1. The lowest BCUT2D eigenvalue weighted by atomic mass is 9.81. The van der Waals surface area contributed by atoms with Crippen LogP contribution in [0.15, 0.2) is 59.0 Å². The Labute approximate surface area is 152 Å². The maximum Gasteiger partial charge on any atom is 0.0533 e. The van der Waals surface area contributed by atoms with Crippen molar-refractivity contribution in [3.05, 3.63) is 59.0 Å². The molecular weight excluding hydrogens is 306 g/mol. The number of nitrogens with zero attached hydrogens (tertiary/aromatic N) is 1. The van der Waals surface area contributed by atoms with Gasteiger partial charge >= 0.3 is 0 Å². The Balaban J connectivity index is 1.43. The molecule has 3 nitrogen and oxygen atoms in total. The first-order valence-electron chi connectivity index (χ1n) is 9.88. The molecule has 4 rings (SSSR count). The molecule has 0 aromatic carbocycles. The molecule has 3 heteroatoms. The summed E-state index contributed by atoms with van der Waals surface area (Å²) >= 11 is 0. The highest BCUT2D eigenvalue weighted by Gasteiger charge is 2.30. The number of rotatable bonds is 4. The fraction of sp³-hybridized carbons (Fsp3) is 0.545. The summed E-state index contributed by atoms with van der Waals surface area (Å²) in [5.41, 5.74) is 11.6. The molecule has 2 unspecified atom stereocenters. The molecule has 0 spiro atoms. The highest BCUT2D eigenvalue weighted by Crippen LogP contribution is 2.33. The summed E-state index contributed by atoms with van der Waals surface area (Å²) in [6.07, 6.45) is 20.7. The van der Waals surface area contributed by atoms with Crippen molar-refractivity contribution in [3.8, 4) is 0 Å². The van der Waals surface area contributed by atoms with E-state index in [1.807, 2.05) is 0 Å². The van der Waals surface area contributed by atoms with Crippen LogP contribution in [0.3, 0.4) is 0 Å². The molecule has 0 saturated carbocycles. The van der Waals surface area contributed by atoms with Crippen LogP contribution < -0.4 is 11.1 Å². The Kier molecular flexibility index (Phi) is 4.85. The quantitative estimate of drug-likeness (QED) is 0.823. The van der Waals surface area contributed by atoms with Crippen LogP contribution in [-0.2, 0) is 0 Å². The van der Waals surface area contributed by atoms with Gasteiger partial charge in [-0.05, 0) is 74.6 Å². The Morgan fingerprint density at radius 3 is 2.80 bits per heavy atom. The topological polar surface area (TPSA) is 41.3 Å². The fourth-order valence-corrected chi connectivity index (χ4v) is 4.71. The standard InChI is InChI=1S/C22H31N3/c1-25-14-18(15-25)16-10-12-19(13-11-16)24-21-9-5-8-20(23)22(21)17-6-3-2-4-7-17/h2-3,6,10,12-13,16,18,21,24H,4-5,7-9,11,14-15,23H2,1H3. The van der Waals surface area contributed by atoms with E-state index in [1.54, 1.807) is 0 Å². The molecule has 3 N–H and O–H groups in total. The smallest absolute Gasteiger partial charge is 0.0533 e. The Morgan fingerprint density at radius 1 is 1.24 bits per heavy atom. The summed E-state index contributed by atoms with van der Waals surface area (Å²) in [7, 11) is 2.21. The summed E-state index contributed by atoms with van der Waals surface area (Å²) < 4.78 is 0. The van der Waals surface area contributed by atoms with Gasteiger partial charge < -0.3 is 16.0 Å². The van der Waals surface area contributed by atoms with E-state index in [4.69, 9.17) is 5.73 Å². The molecule has 1 heterocycles. The minimum Gasteiger partial charge on any atom is -0.402 e. The van der Waals surface area contributed by atoms with Crippen LogP contribution in [0.5, 0.6) is 0 Å².